The number of nitrogens with one attached hydrogen (secondary N) is 2. The molecule has 1 saturated heterocycles. The van der Waals surface area contributed by atoms with Crippen LogP contribution in [0.4, 0.5) is 5.13 Å². The number of amides is 3. The van der Waals surface area contributed by atoms with Crippen LogP contribution in [-0.2, 0) is 33.5 Å². The number of aliphatic carboxylic acids is 1. The van der Waals surface area contributed by atoms with E-state index >= 15 is 0 Å². The van der Waals surface area contributed by atoms with Crippen LogP contribution in [0.2, 0.25) is 4.34 Å². The number of ether oxygens (including phenoxy) is 1. The second-order valence-electron chi connectivity index (χ2n) is 8.43. The first-order chi connectivity index (χ1) is 17.4. The second kappa shape index (κ2) is 11.7. The van der Waals surface area contributed by atoms with E-state index in [4.69, 9.17) is 26.3 Å². The molecule has 2 aliphatic rings. The van der Waals surface area contributed by atoms with Crippen molar-refractivity contribution in [1.29, 1.82) is 0 Å². The van der Waals surface area contributed by atoms with E-state index < -0.39 is 40.8 Å². The minimum atomic E-state index is -1.13. The fraction of sp³-hybridized carbons (Fsp3) is 0.381. The summed E-state index contributed by atoms with van der Waals surface area (Å²) >= 11 is 8.26. The zero-order valence-corrected chi connectivity index (χ0v) is 22.1. The van der Waals surface area contributed by atoms with Gasteiger partial charge in [0.05, 0.1) is 5.57 Å². The summed E-state index contributed by atoms with van der Waals surface area (Å²) in [6, 6.07) is -0.952. The fourth-order valence-corrected chi connectivity index (χ4v) is 5.27. The van der Waals surface area contributed by atoms with E-state index in [-0.39, 0.29) is 38.8 Å². The van der Waals surface area contributed by atoms with Gasteiger partial charge in [-0.25, -0.2) is 14.6 Å². The average Bonchev–Trinajstić information content (AvgIpc) is 3.17. The van der Waals surface area contributed by atoms with Crippen LogP contribution in [0.3, 0.4) is 0 Å². The number of esters is 1. The molecule has 1 aromatic rings. The molecule has 1 fully saturated rings. The normalized spacial score (nSPS) is 19.5. The Kier molecular flexibility index (Phi) is 8.94. The highest BCUT2D eigenvalue weighted by Gasteiger charge is 2.50. The van der Waals surface area contributed by atoms with Crippen molar-refractivity contribution >= 4 is 75.7 Å². The molecule has 0 spiro atoms. The summed E-state index contributed by atoms with van der Waals surface area (Å²) < 4.78 is 5.15. The Labute approximate surface area is 223 Å². The van der Waals surface area contributed by atoms with Crippen molar-refractivity contribution in [3.05, 3.63) is 34.0 Å². The van der Waals surface area contributed by atoms with Crippen molar-refractivity contribution in [2.75, 3.05) is 17.7 Å². The number of aromatic nitrogens is 1. The Morgan fingerprint density at radius 3 is 2.76 bits per heavy atom. The standard InChI is InChI=1S/C21H22ClN5O8S2/c1-21(2,3)35-11(29)5-4-6-34-26-13(12-15(22)37-20(25-12)23-9-28)16(30)24-14-17(31)27-7-10(19(32)33)8-36-18(14)27/h4-5,7,9,14,18H,6,8H2,1-3H3,(H,24,30)(H,32,33)(H,23,25,28)/t14?,18-/m1/s1. The number of halogens is 1. The molecular formula is C21H22ClN5O8S2. The Balaban J connectivity index is 1.74. The maximum absolute atomic E-state index is 13.1. The molecule has 0 bridgehead atoms. The number of carbonyl (C=O) groups excluding carboxylic acids is 4. The van der Waals surface area contributed by atoms with Crippen LogP contribution in [0.1, 0.15) is 26.5 Å². The number of fused-ring (bicyclic) bond motifs is 1. The Hall–Kier alpha value is -3.43. The lowest BCUT2D eigenvalue weighted by atomic mass is 10.1. The predicted molar refractivity (Wildman–Crippen MR) is 135 cm³/mol. The molecule has 0 aliphatic carbocycles. The molecule has 2 atom stereocenters. The number of carboxylic acid groups (broad SMARTS) is 1. The van der Waals surface area contributed by atoms with Gasteiger partial charge in [-0.05, 0) is 26.8 Å². The van der Waals surface area contributed by atoms with Gasteiger partial charge >= 0.3 is 11.9 Å². The average molecular weight is 572 g/mol. The van der Waals surface area contributed by atoms with Crippen molar-refractivity contribution in [2.24, 2.45) is 5.16 Å². The molecule has 37 heavy (non-hydrogen) atoms. The highest BCUT2D eigenvalue weighted by molar-refractivity contribution is 8.00. The molecule has 0 aromatic carbocycles. The lowest BCUT2D eigenvalue weighted by Crippen LogP contribution is -2.69. The van der Waals surface area contributed by atoms with Crippen molar-refractivity contribution < 1.29 is 38.7 Å². The van der Waals surface area contributed by atoms with Gasteiger partial charge < -0.3 is 30.2 Å². The minimum Gasteiger partial charge on any atom is -0.478 e. The van der Waals surface area contributed by atoms with E-state index in [0.717, 1.165) is 17.4 Å². The van der Waals surface area contributed by atoms with Gasteiger partial charge in [-0.1, -0.05) is 28.1 Å². The van der Waals surface area contributed by atoms with Crippen LogP contribution in [0.15, 0.2) is 29.1 Å². The quantitative estimate of drug-likeness (QED) is 0.0706. The molecule has 198 valence electrons. The Bertz CT molecular complexity index is 1210. The molecule has 3 heterocycles. The van der Waals surface area contributed by atoms with Gasteiger partial charge in [0.1, 0.15) is 33.7 Å². The first-order valence-corrected chi connectivity index (χ1v) is 12.8. The molecule has 1 aromatic heterocycles. The third-order valence-electron chi connectivity index (χ3n) is 4.54. The van der Waals surface area contributed by atoms with E-state index in [1.54, 1.807) is 20.8 Å². The summed E-state index contributed by atoms with van der Waals surface area (Å²) in [5.41, 5.74) is -1.08. The van der Waals surface area contributed by atoms with E-state index in [1.165, 1.54) is 28.9 Å². The zero-order chi connectivity index (χ0) is 27.3. The second-order valence-corrected chi connectivity index (χ2v) is 11.1. The highest BCUT2D eigenvalue weighted by Crippen LogP contribution is 2.36. The molecule has 16 heteroatoms. The monoisotopic (exact) mass is 571 g/mol. The van der Waals surface area contributed by atoms with E-state index in [0.29, 0.717) is 6.41 Å². The van der Waals surface area contributed by atoms with Gasteiger partial charge in [0.15, 0.2) is 10.8 Å². The maximum atomic E-state index is 13.1. The third kappa shape index (κ3) is 7.08. The number of hydrogen-bond donors (Lipinski definition) is 3. The molecule has 0 saturated carbocycles. The number of oxime groups is 1. The van der Waals surface area contributed by atoms with Crippen LogP contribution < -0.4 is 10.6 Å². The Morgan fingerprint density at radius 2 is 2.11 bits per heavy atom. The largest absolute Gasteiger partial charge is 0.478 e. The molecule has 3 N–H and O–H groups in total. The molecule has 2 aliphatic heterocycles. The molecule has 3 rings (SSSR count). The van der Waals surface area contributed by atoms with E-state index in [2.05, 4.69) is 20.8 Å². The SMILES string of the molecule is CC(C)(C)OC(=O)C=CCON=C(C(=O)NC1C(=O)N2C=C(C(=O)O)CS[C@H]12)c1nc(NC=O)sc1Cl. The van der Waals surface area contributed by atoms with Gasteiger partial charge in [0.2, 0.25) is 6.41 Å². The summed E-state index contributed by atoms with van der Waals surface area (Å²) in [6.45, 7) is 4.94. The number of rotatable bonds is 10. The molecule has 3 amide bonds. The van der Waals surface area contributed by atoms with Gasteiger partial charge in [0, 0.05) is 18.0 Å². The summed E-state index contributed by atoms with van der Waals surface area (Å²) in [7, 11) is 0. The lowest BCUT2D eigenvalue weighted by molar-refractivity contribution is -0.148. The number of thiazole rings is 1. The highest BCUT2D eigenvalue weighted by atomic mass is 35.5. The van der Waals surface area contributed by atoms with E-state index in [9.17, 15) is 24.0 Å². The van der Waals surface area contributed by atoms with Gasteiger partial charge in [-0.15, -0.1) is 11.8 Å². The van der Waals surface area contributed by atoms with E-state index in [1.807, 2.05) is 0 Å². The van der Waals surface area contributed by atoms with Crippen LogP contribution in [0.25, 0.3) is 0 Å². The minimum absolute atomic E-state index is 0.0220. The van der Waals surface area contributed by atoms with Crippen LogP contribution in [0, 0.1) is 0 Å². The summed E-state index contributed by atoms with van der Waals surface area (Å²) in [4.78, 5) is 69.8. The van der Waals surface area contributed by atoms with Gasteiger partial charge in [-0.3, -0.25) is 14.4 Å². The van der Waals surface area contributed by atoms with Crippen molar-refractivity contribution in [1.82, 2.24) is 15.2 Å². The van der Waals surface area contributed by atoms with Crippen LogP contribution >= 0.6 is 34.7 Å². The van der Waals surface area contributed by atoms with Crippen molar-refractivity contribution in [3.63, 3.8) is 0 Å². The van der Waals surface area contributed by atoms with Gasteiger partial charge in [0.25, 0.3) is 11.8 Å². The van der Waals surface area contributed by atoms with Crippen LogP contribution in [-0.4, -0.2) is 80.2 Å². The molecule has 1 unspecified atom stereocenters. The maximum Gasteiger partial charge on any atom is 0.333 e. The number of nitrogens with zero attached hydrogens (tertiary/aromatic N) is 3. The molecule has 13 nitrogen and oxygen atoms in total. The predicted octanol–water partition coefficient (Wildman–Crippen LogP) is 1.35. The number of carboxylic acids is 1. The topological polar surface area (TPSA) is 177 Å². The molecular weight excluding hydrogens is 550 g/mol. The smallest absolute Gasteiger partial charge is 0.333 e. The van der Waals surface area contributed by atoms with Crippen molar-refractivity contribution in [3.8, 4) is 0 Å². The first-order valence-electron chi connectivity index (χ1n) is 10.6. The first kappa shape index (κ1) is 28.1. The molecule has 0 radical (unpaired) electrons. The summed E-state index contributed by atoms with van der Waals surface area (Å²) in [5.74, 6) is -2.91. The van der Waals surface area contributed by atoms with Crippen LogP contribution in [0.5, 0.6) is 0 Å². The van der Waals surface area contributed by atoms with Gasteiger partial charge in [-0.2, -0.15) is 0 Å². The lowest BCUT2D eigenvalue weighted by Gasteiger charge is -2.46. The van der Waals surface area contributed by atoms with Crippen molar-refractivity contribution in [2.45, 2.75) is 37.8 Å². The zero-order valence-electron chi connectivity index (χ0n) is 19.7. The fourth-order valence-electron chi connectivity index (χ4n) is 3.02. The number of β-lactam (4-membered cyclic amide) rings is 1. The number of anilines is 1. The third-order valence-corrected chi connectivity index (χ3v) is 7.04. The number of hydrogen-bond acceptors (Lipinski definition) is 11. The Morgan fingerprint density at radius 1 is 1.38 bits per heavy atom. The number of carbonyl (C=O) groups is 5. The summed E-state index contributed by atoms with van der Waals surface area (Å²) in [6.07, 6.45) is 4.10. The number of thioether (sulfide) groups is 1. The summed E-state index contributed by atoms with van der Waals surface area (Å²) in [5, 5.41) is 17.4.